The summed E-state index contributed by atoms with van der Waals surface area (Å²) in [4.78, 5) is 16.7. The number of amides is 1. The van der Waals surface area contributed by atoms with Crippen LogP contribution in [0.25, 0.3) is 5.69 Å². The van der Waals surface area contributed by atoms with E-state index < -0.39 is 0 Å². The van der Waals surface area contributed by atoms with Gasteiger partial charge in [-0.25, -0.2) is 9.67 Å². The molecule has 1 amide bonds. The third kappa shape index (κ3) is 4.21. The first-order valence-corrected chi connectivity index (χ1v) is 8.58. The Bertz CT molecular complexity index is 902. The van der Waals surface area contributed by atoms with Crippen LogP contribution in [-0.2, 0) is 0 Å². The summed E-state index contributed by atoms with van der Waals surface area (Å²) in [7, 11) is 0. The van der Waals surface area contributed by atoms with Gasteiger partial charge >= 0.3 is 0 Å². The Morgan fingerprint density at radius 3 is 2.38 bits per heavy atom. The molecule has 3 rings (SSSR count). The first kappa shape index (κ1) is 17.9. The number of nitrogens with zero attached hydrogens (tertiary/aromatic N) is 3. The second-order valence-electron chi connectivity index (χ2n) is 6.02. The minimum absolute atomic E-state index is 0.0967. The summed E-state index contributed by atoms with van der Waals surface area (Å²) in [5.41, 5.74) is 1.43. The number of hydrogen-bond donors (Lipinski definition) is 1. The molecule has 0 spiro atoms. The number of aryl methyl sites for hydroxylation is 1. The standard InChI is InChI=1S/C19H19ClN4O2/c1-12(2)26-17-10-6-15(7-11-17)22-19(25)18-21-13(3)24(23-18)16-8-4-14(20)5-9-16/h4-12H,1-3H3,(H,22,25). The molecule has 0 saturated carbocycles. The highest BCUT2D eigenvalue weighted by molar-refractivity contribution is 6.30. The van der Waals surface area contributed by atoms with Gasteiger partial charge < -0.3 is 10.1 Å². The van der Waals surface area contributed by atoms with Crippen molar-refractivity contribution in [3.8, 4) is 11.4 Å². The maximum Gasteiger partial charge on any atom is 0.295 e. The zero-order chi connectivity index (χ0) is 18.7. The lowest BCUT2D eigenvalue weighted by atomic mass is 10.3. The highest BCUT2D eigenvalue weighted by atomic mass is 35.5. The molecule has 7 heteroatoms. The van der Waals surface area contributed by atoms with Crippen LogP contribution in [-0.4, -0.2) is 26.8 Å². The molecule has 134 valence electrons. The first-order chi connectivity index (χ1) is 12.4. The van der Waals surface area contributed by atoms with Crippen molar-refractivity contribution in [1.82, 2.24) is 14.8 Å². The van der Waals surface area contributed by atoms with Gasteiger partial charge in [0, 0.05) is 10.7 Å². The van der Waals surface area contributed by atoms with Gasteiger partial charge in [-0.1, -0.05) is 11.6 Å². The van der Waals surface area contributed by atoms with Crippen LogP contribution in [0.15, 0.2) is 48.5 Å². The van der Waals surface area contributed by atoms with Crippen LogP contribution in [0.1, 0.15) is 30.3 Å². The fourth-order valence-electron chi connectivity index (χ4n) is 2.39. The lowest BCUT2D eigenvalue weighted by molar-refractivity contribution is 0.101. The van der Waals surface area contributed by atoms with Gasteiger partial charge in [-0.2, -0.15) is 0 Å². The Kier molecular flexibility index (Phi) is 5.23. The van der Waals surface area contributed by atoms with Crippen LogP contribution in [0.5, 0.6) is 5.75 Å². The number of hydrogen-bond acceptors (Lipinski definition) is 4. The average molecular weight is 371 g/mol. The molecule has 0 saturated heterocycles. The molecule has 6 nitrogen and oxygen atoms in total. The third-order valence-electron chi connectivity index (χ3n) is 3.53. The zero-order valence-corrected chi connectivity index (χ0v) is 15.5. The molecule has 2 aromatic carbocycles. The molecule has 0 unspecified atom stereocenters. The average Bonchev–Trinajstić information content (AvgIpc) is 2.99. The summed E-state index contributed by atoms with van der Waals surface area (Å²) in [6, 6.07) is 14.3. The van der Waals surface area contributed by atoms with Crippen LogP contribution in [0.3, 0.4) is 0 Å². The Morgan fingerprint density at radius 2 is 1.77 bits per heavy atom. The fourth-order valence-corrected chi connectivity index (χ4v) is 2.52. The second kappa shape index (κ2) is 7.58. The fraction of sp³-hybridized carbons (Fsp3) is 0.211. The van der Waals surface area contributed by atoms with Gasteiger partial charge in [-0.05, 0) is 69.3 Å². The number of halogens is 1. The van der Waals surface area contributed by atoms with Crippen molar-refractivity contribution in [1.29, 1.82) is 0 Å². The van der Waals surface area contributed by atoms with E-state index >= 15 is 0 Å². The number of aromatic nitrogens is 3. The van der Waals surface area contributed by atoms with E-state index in [0.29, 0.717) is 16.5 Å². The lowest BCUT2D eigenvalue weighted by Crippen LogP contribution is -2.14. The number of anilines is 1. The molecule has 1 aromatic heterocycles. The van der Waals surface area contributed by atoms with Gasteiger partial charge in [-0.15, -0.1) is 5.10 Å². The summed E-state index contributed by atoms with van der Waals surface area (Å²) in [5.74, 6) is 1.08. The molecule has 26 heavy (non-hydrogen) atoms. The predicted molar refractivity (Wildman–Crippen MR) is 101 cm³/mol. The van der Waals surface area contributed by atoms with Gasteiger partial charge in [-0.3, -0.25) is 4.79 Å². The highest BCUT2D eigenvalue weighted by Gasteiger charge is 2.15. The summed E-state index contributed by atoms with van der Waals surface area (Å²) < 4.78 is 7.19. The SMILES string of the molecule is Cc1nc(C(=O)Nc2ccc(OC(C)C)cc2)nn1-c1ccc(Cl)cc1. The van der Waals surface area contributed by atoms with Gasteiger partial charge in [0.25, 0.3) is 5.91 Å². The Morgan fingerprint density at radius 1 is 1.12 bits per heavy atom. The quantitative estimate of drug-likeness (QED) is 0.728. The number of nitrogens with one attached hydrogen (secondary N) is 1. The van der Waals surface area contributed by atoms with E-state index in [2.05, 4.69) is 15.4 Å². The molecule has 0 aliphatic carbocycles. The topological polar surface area (TPSA) is 69.0 Å². The Balaban J connectivity index is 1.74. The van der Waals surface area contributed by atoms with E-state index in [1.807, 2.05) is 26.0 Å². The summed E-state index contributed by atoms with van der Waals surface area (Å²) >= 11 is 5.91. The second-order valence-corrected chi connectivity index (χ2v) is 6.45. The van der Waals surface area contributed by atoms with Crippen LogP contribution in [0.4, 0.5) is 5.69 Å². The monoisotopic (exact) mass is 370 g/mol. The third-order valence-corrected chi connectivity index (χ3v) is 3.78. The summed E-state index contributed by atoms with van der Waals surface area (Å²) in [6.07, 6.45) is 0.0967. The van der Waals surface area contributed by atoms with E-state index in [-0.39, 0.29) is 17.8 Å². The maximum absolute atomic E-state index is 12.4. The minimum atomic E-state index is -0.377. The molecule has 0 aliphatic heterocycles. The van der Waals surface area contributed by atoms with Crippen molar-refractivity contribution in [2.75, 3.05) is 5.32 Å². The summed E-state index contributed by atoms with van der Waals surface area (Å²) in [6.45, 7) is 5.71. The van der Waals surface area contributed by atoms with E-state index in [1.165, 1.54) is 0 Å². The smallest absolute Gasteiger partial charge is 0.295 e. The predicted octanol–water partition coefficient (Wildman–Crippen LogP) is 4.27. The van der Waals surface area contributed by atoms with Crippen LogP contribution in [0, 0.1) is 6.92 Å². The van der Waals surface area contributed by atoms with Crippen LogP contribution >= 0.6 is 11.6 Å². The molecule has 3 aromatic rings. The van der Waals surface area contributed by atoms with Crippen LogP contribution < -0.4 is 10.1 Å². The normalized spacial score (nSPS) is 10.8. The largest absolute Gasteiger partial charge is 0.491 e. The van der Waals surface area contributed by atoms with Crippen molar-refractivity contribution in [3.05, 3.63) is 65.2 Å². The number of rotatable bonds is 5. The van der Waals surface area contributed by atoms with E-state index in [0.717, 1.165) is 11.4 Å². The van der Waals surface area contributed by atoms with Crippen molar-refractivity contribution in [3.63, 3.8) is 0 Å². The first-order valence-electron chi connectivity index (χ1n) is 8.20. The van der Waals surface area contributed by atoms with Crippen molar-refractivity contribution in [2.24, 2.45) is 0 Å². The van der Waals surface area contributed by atoms with E-state index in [9.17, 15) is 4.79 Å². The summed E-state index contributed by atoms with van der Waals surface area (Å²) in [5, 5.41) is 7.71. The highest BCUT2D eigenvalue weighted by Crippen LogP contribution is 2.18. The molecule has 1 heterocycles. The molecule has 0 fully saturated rings. The zero-order valence-electron chi connectivity index (χ0n) is 14.7. The number of carbonyl (C=O) groups is 1. The van der Waals surface area contributed by atoms with Gasteiger partial charge in [0.15, 0.2) is 0 Å². The van der Waals surface area contributed by atoms with E-state index in [4.69, 9.17) is 16.3 Å². The molecule has 0 aliphatic rings. The van der Waals surface area contributed by atoms with Crippen molar-refractivity contribution >= 4 is 23.2 Å². The number of ether oxygens (including phenoxy) is 1. The molecular formula is C19H19ClN4O2. The number of carbonyl (C=O) groups excluding carboxylic acids is 1. The van der Waals surface area contributed by atoms with Crippen molar-refractivity contribution < 1.29 is 9.53 Å². The van der Waals surface area contributed by atoms with E-state index in [1.54, 1.807) is 48.0 Å². The molecule has 0 atom stereocenters. The van der Waals surface area contributed by atoms with Crippen molar-refractivity contribution in [2.45, 2.75) is 26.9 Å². The van der Waals surface area contributed by atoms with Crippen LogP contribution in [0.2, 0.25) is 5.02 Å². The molecular weight excluding hydrogens is 352 g/mol. The Labute approximate surface area is 156 Å². The molecule has 1 N–H and O–H groups in total. The Hall–Kier alpha value is -2.86. The minimum Gasteiger partial charge on any atom is -0.491 e. The van der Waals surface area contributed by atoms with Gasteiger partial charge in [0.1, 0.15) is 11.6 Å². The number of benzene rings is 2. The van der Waals surface area contributed by atoms with Gasteiger partial charge in [0.05, 0.1) is 11.8 Å². The molecule has 0 bridgehead atoms. The molecule has 0 radical (unpaired) electrons. The lowest BCUT2D eigenvalue weighted by Gasteiger charge is -2.10. The van der Waals surface area contributed by atoms with Gasteiger partial charge in [0.2, 0.25) is 5.82 Å². The maximum atomic E-state index is 12.4.